The van der Waals surface area contributed by atoms with Crippen LogP contribution in [0.5, 0.6) is 0 Å². The van der Waals surface area contributed by atoms with Gasteiger partial charge in [0.25, 0.3) is 0 Å². The summed E-state index contributed by atoms with van der Waals surface area (Å²) in [4.78, 5) is 12.1. The summed E-state index contributed by atoms with van der Waals surface area (Å²) in [5.74, 6) is 0.201. The molecule has 1 N–H and O–H groups in total. The summed E-state index contributed by atoms with van der Waals surface area (Å²) in [5, 5.41) is 3.25. The summed E-state index contributed by atoms with van der Waals surface area (Å²) in [7, 11) is 0. The molecule has 2 aliphatic carbocycles. The Labute approximate surface area is 121 Å². The Balaban J connectivity index is 1.42. The van der Waals surface area contributed by atoms with Gasteiger partial charge in [-0.05, 0) is 45.4 Å². The fraction of sp³-hybridized carbons (Fsp3) is 0.938. The smallest absolute Gasteiger partial charge is 0.220 e. The zero-order chi connectivity index (χ0) is 14.0. The van der Waals surface area contributed by atoms with Crippen molar-refractivity contribution in [1.29, 1.82) is 0 Å². The normalized spacial score (nSPS) is 34.5. The number of hydrogen-bond acceptors (Lipinski definition) is 3. The lowest BCUT2D eigenvalue weighted by Gasteiger charge is -2.61. The van der Waals surface area contributed by atoms with E-state index in [0.29, 0.717) is 24.7 Å². The van der Waals surface area contributed by atoms with Gasteiger partial charge in [0, 0.05) is 31.1 Å². The molecule has 3 fully saturated rings. The van der Waals surface area contributed by atoms with Gasteiger partial charge in [-0.1, -0.05) is 6.42 Å². The highest BCUT2D eigenvalue weighted by molar-refractivity contribution is 5.76. The Morgan fingerprint density at radius 2 is 2.25 bits per heavy atom. The highest BCUT2D eigenvalue weighted by Crippen LogP contribution is 2.57. The van der Waals surface area contributed by atoms with Crippen molar-refractivity contribution in [2.24, 2.45) is 5.41 Å². The van der Waals surface area contributed by atoms with Crippen molar-refractivity contribution in [3.05, 3.63) is 0 Å². The maximum absolute atomic E-state index is 12.1. The molecule has 3 rings (SSSR count). The third-order valence-electron chi connectivity index (χ3n) is 5.49. The summed E-state index contributed by atoms with van der Waals surface area (Å²) in [6.07, 6.45) is 9.16. The number of carbonyl (C=O) groups excluding carboxylic acids is 1. The predicted molar refractivity (Wildman–Crippen MR) is 76.5 cm³/mol. The van der Waals surface area contributed by atoms with E-state index >= 15 is 0 Å². The van der Waals surface area contributed by atoms with Crippen molar-refractivity contribution in [2.75, 3.05) is 13.2 Å². The predicted octanol–water partition coefficient (Wildman–Crippen LogP) is 2.41. The molecule has 3 atom stereocenters. The van der Waals surface area contributed by atoms with Crippen LogP contribution in [-0.4, -0.2) is 37.4 Å². The molecule has 1 saturated heterocycles. The number of rotatable bonds is 6. The van der Waals surface area contributed by atoms with Crippen LogP contribution in [0.25, 0.3) is 0 Å². The first-order chi connectivity index (χ1) is 9.74. The summed E-state index contributed by atoms with van der Waals surface area (Å²) >= 11 is 0. The van der Waals surface area contributed by atoms with Crippen LogP contribution in [0.3, 0.4) is 0 Å². The average molecular weight is 281 g/mol. The van der Waals surface area contributed by atoms with Gasteiger partial charge in [-0.2, -0.15) is 0 Å². The van der Waals surface area contributed by atoms with Crippen LogP contribution < -0.4 is 5.32 Å². The molecule has 114 valence electrons. The van der Waals surface area contributed by atoms with Gasteiger partial charge >= 0.3 is 0 Å². The maximum Gasteiger partial charge on any atom is 0.220 e. The first kappa shape index (κ1) is 14.3. The van der Waals surface area contributed by atoms with Crippen LogP contribution in [0.15, 0.2) is 0 Å². The topological polar surface area (TPSA) is 47.6 Å². The van der Waals surface area contributed by atoms with Crippen molar-refractivity contribution < 1.29 is 14.3 Å². The monoisotopic (exact) mass is 281 g/mol. The Morgan fingerprint density at radius 3 is 2.85 bits per heavy atom. The van der Waals surface area contributed by atoms with Crippen LogP contribution in [0.2, 0.25) is 0 Å². The molecule has 1 amide bonds. The quantitative estimate of drug-likeness (QED) is 0.813. The SMILES string of the molecule is CCOC1CC(NC(=O)CCC2CCCO2)C12CCC2. The first-order valence-electron chi connectivity index (χ1n) is 8.27. The minimum absolute atomic E-state index is 0.201. The number of amides is 1. The second-order valence-electron chi connectivity index (χ2n) is 6.56. The minimum Gasteiger partial charge on any atom is -0.378 e. The van der Waals surface area contributed by atoms with Gasteiger partial charge < -0.3 is 14.8 Å². The molecule has 4 heteroatoms. The van der Waals surface area contributed by atoms with E-state index in [1.165, 1.54) is 19.3 Å². The van der Waals surface area contributed by atoms with E-state index in [-0.39, 0.29) is 11.3 Å². The lowest BCUT2D eigenvalue weighted by Crippen LogP contribution is -2.67. The van der Waals surface area contributed by atoms with Gasteiger partial charge in [-0.15, -0.1) is 0 Å². The van der Waals surface area contributed by atoms with E-state index in [0.717, 1.165) is 38.9 Å². The van der Waals surface area contributed by atoms with Crippen molar-refractivity contribution in [3.63, 3.8) is 0 Å². The zero-order valence-corrected chi connectivity index (χ0v) is 12.5. The third kappa shape index (κ3) is 2.60. The fourth-order valence-corrected chi connectivity index (χ4v) is 4.07. The third-order valence-corrected chi connectivity index (χ3v) is 5.49. The summed E-state index contributed by atoms with van der Waals surface area (Å²) in [6, 6.07) is 0.352. The first-order valence-corrected chi connectivity index (χ1v) is 8.27. The maximum atomic E-state index is 12.1. The molecule has 1 spiro atoms. The highest BCUT2D eigenvalue weighted by atomic mass is 16.5. The Morgan fingerprint density at radius 1 is 1.40 bits per heavy atom. The minimum atomic E-state index is 0.201. The van der Waals surface area contributed by atoms with Gasteiger partial charge in [0.05, 0.1) is 12.2 Å². The van der Waals surface area contributed by atoms with E-state index in [4.69, 9.17) is 9.47 Å². The molecule has 0 aromatic heterocycles. The largest absolute Gasteiger partial charge is 0.378 e. The average Bonchev–Trinajstić information content (AvgIpc) is 2.86. The van der Waals surface area contributed by atoms with E-state index in [9.17, 15) is 4.79 Å². The number of hydrogen-bond donors (Lipinski definition) is 1. The summed E-state index contributed by atoms with van der Waals surface area (Å²) < 4.78 is 11.4. The molecule has 0 radical (unpaired) electrons. The fourth-order valence-electron chi connectivity index (χ4n) is 4.07. The highest BCUT2D eigenvalue weighted by Gasteiger charge is 2.59. The second kappa shape index (κ2) is 6.02. The molecule has 0 aromatic carbocycles. The molecule has 2 saturated carbocycles. The van der Waals surface area contributed by atoms with Crippen LogP contribution in [-0.2, 0) is 14.3 Å². The van der Waals surface area contributed by atoms with E-state index < -0.39 is 0 Å². The van der Waals surface area contributed by atoms with E-state index in [1.54, 1.807) is 0 Å². The summed E-state index contributed by atoms with van der Waals surface area (Å²) in [5.41, 5.74) is 0.273. The van der Waals surface area contributed by atoms with E-state index in [2.05, 4.69) is 12.2 Å². The zero-order valence-electron chi connectivity index (χ0n) is 12.5. The van der Waals surface area contributed by atoms with Crippen molar-refractivity contribution in [2.45, 2.75) is 76.5 Å². The van der Waals surface area contributed by atoms with Crippen LogP contribution in [0.4, 0.5) is 0 Å². The Hall–Kier alpha value is -0.610. The van der Waals surface area contributed by atoms with Gasteiger partial charge in [0.15, 0.2) is 0 Å². The number of nitrogens with one attached hydrogen (secondary N) is 1. The van der Waals surface area contributed by atoms with Crippen molar-refractivity contribution in [3.8, 4) is 0 Å². The van der Waals surface area contributed by atoms with E-state index in [1.807, 2.05) is 0 Å². The Kier molecular flexibility index (Phi) is 4.32. The molecule has 20 heavy (non-hydrogen) atoms. The van der Waals surface area contributed by atoms with Crippen molar-refractivity contribution >= 4 is 5.91 Å². The molecule has 1 heterocycles. The summed E-state index contributed by atoms with van der Waals surface area (Å²) in [6.45, 7) is 3.71. The van der Waals surface area contributed by atoms with Gasteiger partial charge in [0.1, 0.15) is 0 Å². The van der Waals surface area contributed by atoms with Crippen LogP contribution in [0, 0.1) is 5.41 Å². The van der Waals surface area contributed by atoms with Gasteiger partial charge in [0.2, 0.25) is 5.91 Å². The van der Waals surface area contributed by atoms with Crippen LogP contribution in [0.1, 0.15) is 58.3 Å². The molecule has 4 nitrogen and oxygen atoms in total. The molecule has 3 aliphatic rings. The lowest BCUT2D eigenvalue weighted by atomic mass is 9.51. The van der Waals surface area contributed by atoms with Gasteiger partial charge in [-0.25, -0.2) is 0 Å². The van der Waals surface area contributed by atoms with Crippen LogP contribution >= 0.6 is 0 Å². The standard InChI is InChI=1S/C16H27NO3/c1-2-19-14-11-13(16(14)8-4-9-16)17-15(18)7-6-12-5-3-10-20-12/h12-14H,2-11H2,1H3,(H,17,18). The second-order valence-corrected chi connectivity index (χ2v) is 6.56. The molecule has 0 bridgehead atoms. The van der Waals surface area contributed by atoms with Gasteiger partial charge in [-0.3, -0.25) is 4.79 Å². The molecular weight excluding hydrogens is 254 g/mol. The molecular formula is C16H27NO3. The molecule has 1 aliphatic heterocycles. The Bertz CT molecular complexity index is 348. The molecule has 3 unspecified atom stereocenters. The number of carbonyl (C=O) groups is 1. The molecule has 0 aromatic rings. The number of ether oxygens (including phenoxy) is 2. The lowest BCUT2D eigenvalue weighted by molar-refractivity contribution is -0.175. The van der Waals surface area contributed by atoms with Crippen molar-refractivity contribution in [1.82, 2.24) is 5.32 Å².